The van der Waals surface area contributed by atoms with Gasteiger partial charge < -0.3 is 0 Å². The molecule has 0 atom stereocenters. The van der Waals surface area contributed by atoms with E-state index in [0.29, 0.717) is 5.82 Å². The summed E-state index contributed by atoms with van der Waals surface area (Å²) in [5, 5.41) is 8.85. The van der Waals surface area contributed by atoms with Crippen molar-refractivity contribution in [2.24, 2.45) is 0 Å². The number of fused-ring (bicyclic) bond motifs is 4. The summed E-state index contributed by atoms with van der Waals surface area (Å²) in [5.74, 6) is 0.701. The van der Waals surface area contributed by atoms with Crippen LogP contribution in [0, 0.1) is 0 Å². The zero-order valence-electron chi connectivity index (χ0n) is 32.1. The van der Waals surface area contributed by atoms with Gasteiger partial charge in [0.1, 0.15) is 5.69 Å². The molecule has 0 aliphatic carbocycles. The van der Waals surface area contributed by atoms with Crippen molar-refractivity contribution in [3.05, 3.63) is 218 Å². The highest BCUT2D eigenvalue weighted by molar-refractivity contribution is 6.15. The van der Waals surface area contributed by atoms with Crippen molar-refractivity contribution in [3.8, 4) is 78.5 Å². The molecule has 8 aromatic carbocycles. The number of aromatic nitrogens is 4. The van der Waals surface area contributed by atoms with Crippen molar-refractivity contribution in [1.82, 2.24) is 19.6 Å². The Morgan fingerprint density at radius 3 is 1.39 bits per heavy atom. The van der Waals surface area contributed by atoms with Gasteiger partial charge in [-0.3, -0.25) is 0 Å². The molecule has 3 heterocycles. The molecule has 0 bridgehead atoms. The maximum absolute atomic E-state index is 5.53. The van der Waals surface area contributed by atoms with Gasteiger partial charge in [0.15, 0.2) is 5.82 Å². The van der Waals surface area contributed by atoms with Gasteiger partial charge >= 0.3 is 0 Å². The van der Waals surface area contributed by atoms with Crippen LogP contribution in [0.3, 0.4) is 0 Å². The average molecular weight is 753 g/mol. The van der Waals surface area contributed by atoms with Crippen LogP contribution in [0.4, 0.5) is 0 Å². The highest BCUT2D eigenvalue weighted by Gasteiger charge is 2.25. The minimum absolute atomic E-state index is 0.701. The fraction of sp³-hybridized carbons (Fsp3) is 0. The molecule has 59 heavy (non-hydrogen) atoms. The fourth-order valence-corrected chi connectivity index (χ4v) is 8.46. The largest absolute Gasteiger partial charge is 0.231 e. The number of benzene rings is 8. The van der Waals surface area contributed by atoms with Crippen molar-refractivity contribution in [1.29, 1.82) is 0 Å². The van der Waals surface area contributed by atoms with Gasteiger partial charge in [-0.2, -0.15) is 5.10 Å². The lowest BCUT2D eigenvalue weighted by Crippen LogP contribution is -2.00. The quantitative estimate of drug-likeness (QED) is 0.163. The molecule has 0 spiro atoms. The lowest BCUT2D eigenvalue weighted by atomic mass is 9.90. The zero-order chi connectivity index (χ0) is 39.1. The highest BCUT2D eigenvalue weighted by Crippen LogP contribution is 2.46. The molecule has 3 aromatic heterocycles. The topological polar surface area (TPSA) is 43.1 Å². The van der Waals surface area contributed by atoms with E-state index in [2.05, 4.69) is 211 Å². The van der Waals surface area contributed by atoms with E-state index in [1.165, 1.54) is 5.56 Å². The Morgan fingerprint density at radius 2 is 0.729 bits per heavy atom. The maximum Gasteiger partial charge on any atom is 0.160 e. The summed E-state index contributed by atoms with van der Waals surface area (Å²) in [6.07, 6.45) is 0. The van der Waals surface area contributed by atoms with Gasteiger partial charge in [0.2, 0.25) is 0 Å². The van der Waals surface area contributed by atoms with Gasteiger partial charge in [0.05, 0.1) is 22.4 Å². The Kier molecular flexibility index (Phi) is 8.45. The van der Waals surface area contributed by atoms with E-state index in [4.69, 9.17) is 15.1 Å². The van der Waals surface area contributed by atoms with Crippen LogP contribution in [0.5, 0.6) is 0 Å². The predicted octanol–water partition coefficient (Wildman–Crippen LogP) is 14.1. The molecule has 4 nitrogen and oxygen atoms in total. The van der Waals surface area contributed by atoms with Crippen LogP contribution in [0.1, 0.15) is 0 Å². The lowest BCUT2D eigenvalue weighted by molar-refractivity contribution is 0.981. The van der Waals surface area contributed by atoms with E-state index in [-0.39, 0.29) is 0 Å². The Balaban J connectivity index is 1.11. The molecule has 0 fully saturated rings. The van der Waals surface area contributed by atoms with Crippen LogP contribution < -0.4 is 0 Å². The lowest BCUT2D eigenvalue weighted by Gasteiger charge is -2.18. The van der Waals surface area contributed by atoms with Gasteiger partial charge in [0.25, 0.3) is 0 Å². The maximum atomic E-state index is 5.53. The van der Waals surface area contributed by atoms with Crippen molar-refractivity contribution in [3.63, 3.8) is 0 Å². The first kappa shape index (κ1) is 34.3. The molecule has 4 heteroatoms. The number of hydrogen-bond acceptors (Lipinski definition) is 3. The third kappa shape index (κ3) is 6.06. The van der Waals surface area contributed by atoms with Crippen LogP contribution in [0.2, 0.25) is 0 Å². The third-order valence-corrected chi connectivity index (χ3v) is 11.2. The molecule has 0 saturated carbocycles. The summed E-state index contributed by atoms with van der Waals surface area (Å²) < 4.78 is 2.19. The van der Waals surface area contributed by atoms with E-state index in [9.17, 15) is 0 Å². The Bertz CT molecular complexity index is 3270. The Labute approximate surface area is 342 Å². The second-order valence-corrected chi connectivity index (χ2v) is 14.8. The zero-order valence-corrected chi connectivity index (χ0v) is 32.1. The summed E-state index contributed by atoms with van der Waals surface area (Å²) in [6, 6.07) is 76.8. The van der Waals surface area contributed by atoms with Crippen LogP contribution in [-0.4, -0.2) is 19.6 Å². The fourth-order valence-electron chi connectivity index (χ4n) is 8.46. The molecular weight excluding hydrogens is 717 g/mol. The minimum atomic E-state index is 0.701. The van der Waals surface area contributed by atoms with Gasteiger partial charge in [-0.1, -0.05) is 212 Å². The molecule has 0 radical (unpaired) electrons. The second-order valence-electron chi connectivity index (χ2n) is 14.8. The SMILES string of the molecule is c1ccc(-c2ccc(-c3nc(-c4ccc(-c5c(-c6ccccc6)n6nc(-c7ccccc7)c(-c7ccccc7)c6c6ccccc56)cc4)c4ccccc4n3)cc2)cc1. The molecule has 0 aliphatic heterocycles. The molecular formula is C55H36N4. The van der Waals surface area contributed by atoms with E-state index in [0.717, 1.165) is 94.3 Å². The molecule has 0 aliphatic rings. The molecule has 11 rings (SSSR count). The van der Waals surface area contributed by atoms with Crippen molar-refractivity contribution >= 4 is 27.2 Å². The molecule has 0 saturated heterocycles. The minimum Gasteiger partial charge on any atom is -0.231 e. The molecule has 276 valence electrons. The molecule has 11 aromatic rings. The summed E-state index contributed by atoms with van der Waals surface area (Å²) in [7, 11) is 0. The molecule has 0 amide bonds. The van der Waals surface area contributed by atoms with E-state index in [1.807, 2.05) is 12.1 Å². The number of nitrogens with zero attached hydrogens (tertiary/aromatic N) is 4. The number of hydrogen-bond donors (Lipinski definition) is 0. The first-order valence-electron chi connectivity index (χ1n) is 20.0. The monoisotopic (exact) mass is 752 g/mol. The first-order chi connectivity index (χ1) is 29.3. The summed E-state index contributed by atoms with van der Waals surface area (Å²) in [5.41, 5.74) is 15.9. The van der Waals surface area contributed by atoms with E-state index in [1.54, 1.807) is 0 Å². The normalized spacial score (nSPS) is 11.4. The average Bonchev–Trinajstić information content (AvgIpc) is 3.73. The Morgan fingerprint density at radius 1 is 0.288 bits per heavy atom. The summed E-state index contributed by atoms with van der Waals surface area (Å²) >= 11 is 0. The van der Waals surface area contributed by atoms with Crippen LogP contribution in [0.15, 0.2) is 218 Å². The van der Waals surface area contributed by atoms with Crippen LogP contribution in [-0.2, 0) is 0 Å². The number of rotatable bonds is 7. The number of para-hydroxylation sites is 1. The predicted molar refractivity (Wildman–Crippen MR) is 244 cm³/mol. The summed E-state index contributed by atoms with van der Waals surface area (Å²) in [6.45, 7) is 0. The van der Waals surface area contributed by atoms with Crippen molar-refractivity contribution in [2.75, 3.05) is 0 Å². The van der Waals surface area contributed by atoms with E-state index < -0.39 is 0 Å². The standard InChI is InChI=1S/C55H36N4/c1-5-17-37(18-6-1)38-29-35-44(36-30-38)55-56-48-28-16-15-27-47(48)51(57-55)42-33-31-40(32-34-42)49-45-25-13-14-26-46(45)54-50(39-19-7-2-8-20-39)52(41-21-9-3-10-22-41)58-59(54)53(49)43-23-11-4-12-24-43/h1-36H. The molecule has 0 unspecified atom stereocenters. The molecule has 0 N–H and O–H groups in total. The Hall–Kier alpha value is -7.95. The first-order valence-corrected chi connectivity index (χ1v) is 20.0. The van der Waals surface area contributed by atoms with E-state index >= 15 is 0 Å². The highest BCUT2D eigenvalue weighted by atomic mass is 15.2. The van der Waals surface area contributed by atoms with Gasteiger partial charge in [0, 0.05) is 44.2 Å². The van der Waals surface area contributed by atoms with Gasteiger partial charge in [-0.25, -0.2) is 14.5 Å². The van der Waals surface area contributed by atoms with Crippen LogP contribution >= 0.6 is 0 Å². The smallest absolute Gasteiger partial charge is 0.160 e. The number of pyridine rings is 1. The van der Waals surface area contributed by atoms with Crippen molar-refractivity contribution < 1.29 is 0 Å². The second kappa shape index (κ2) is 14.5. The summed E-state index contributed by atoms with van der Waals surface area (Å²) in [4.78, 5) is 10.3. The van der Waals surface area contributed by atoms with Gasteiger partial charge in [-0.15, -0.1) is 0 Å². The third-order valence-electron chi connectivity index (χ3n) is 11.2. The van der Waals surface area contributed by atoms with Gasteiger partial charge in [-0.05, 0) is 33.7 Å². The van der Waals surface area contributed by atoms with Crippen molar-refractivity contribution in [2.45, 2.75) is 0 Å². The van der Waals surface area contributed by atoms with Crippen LogP contribution in [0.25, 0.3) is 106 Å².